The van der Waals surface area contributed by atoms with Crippen molar-refractivity contribution >= 4 is 28.6 Å². The van der Waals surface area contributed by atoms with E-state index in [4.69, 9.17) is 4.42 Å². The van der Waals surface area contributed by atoms with Crippen LogP contribution in [-0.4, -0.2) is 22.5 Å². The van der Waals surface area contributed by atoms with Gasteiger partial charge in [-0.3, -0.25) is 4.79 Å². The third kappa shape index (κ3) is 3.52. The molecular formula is C16H16N2O3S2. The lowest BCUT2D eigenvalue weighted by Crippen LogP contribution is -2.28. The van der Waals surface area contributed by atoms with E-state index in [-0.39, 0.29) is 12.5 Å². The van der Waals surface area contributed by atoms with Crippen molar-refractivity contribution in [2.75, 3.05) is 6.54 Å². The maximum atomic E-state index is 12.3. The standard InChI is InChI=1S/C16H16N2O3S2/c1-9-3-4-13(21-9)16-18-10(2)14(23-16)15(20)17-7-12(19)11-5-6-22-8-11/h3-6,8,12,19H,7H2,1-2H3,(H,17,20). The Morgan fingerprint density at radius 1 is 1.39 bits per heavy atom. The van der Waals surface area contributed by atoms with E-state index in [1.165, 1.54) is 22.7 Å². The van der Waals surface area contributed by atoms with Crippen LogP contribution in [0.4, 0.5) is 0 Å². The molecule has 0 radical (unpaired) electrons. The fourth-order valence-electron chi connectivity index (χ4n) is 2.11. The van der Waals surface area contributed by atoms with E-state index in [0.29, 0.717) is 21.3 Å². The number of amides is 1. The zero-order chi connectivity index (χ0) is 16.4. The summed E-state index contributed by atoms with van der Waals surface area (Å²) in [7, 11) is 0. The second kappa shape index (κ2) is 6.66. The number of aryl methyl sites for hydroxylation is 2. The fourth-order valence-corrected chi connectivity index (χ4v) is 3.77. The predicted octanol–water partition coefficient (Wildman–Crippen LogP) is 3.54. The van der Waals surface area contributed by atoms with Crippen molar-refractivity contribution in [1.82, 2.24) is 10.3 Å². The van der Waals surface area contributed by atoms with Crippen LogP contribution < -0.4 is 5.32 Å². The number of nitrogens with one attached hydrogen (secondary N) is 1. The van der Waals surface area contributed by atoms with Gasteiger partial charge in [0.1, 0.15) is 10.6 Å². The topological polar surface area (TPSA) is 75.4 Å². The minimum Gasteiger partial charge on any atom is -0.459 e. The number of furan rings is 1. The first-order valence-electron chi connectivity index (χ1n) is 7.07. The van der Waals surface area contributed by atoms with E-state index in [1.54, 1.807) is 6.92 Å². The highest BCUT2D eigenvalue weighted by Gasteiger charge is 2.19. The van der Waals surface area contributed by atoms with Gasteiger partial charge in [-0.2, -0.15) is 11.3 Å². The maximum Gasteiger partial charge on any atom is 0.263 e. The van der Waals surface area contributed by atoms with Gasteiger partial charge in [-0.15, -0.1) is 11.3 Å². The molecule has 3 rings (SSSR count). The third-order valence-corrected chi connectivity index (χ3v) is 5.21. The fraction of sp³-hybridized carbons (Fsp3) is 0.250. The monoisotopic (exact) mass is 348 g/mol. The summed E-state index contributed by atoms with van der Waals surface area (Å²) in [5, 5.41) is 17.2. The van der Waals surface area contributed by atoms with E-state index in [9.17, 15) is 9.90 Å². The van der Waals surface area contributed by atoms with Crippen molar-refractivity contribution in [3.63, 3.8) is 0 Å². The first kappa shape index (κ1) is 15.9. The van der Waals surface area contributed by atoms with Gasteiger partial charge in [-0.05, 0) is 48.4 Å². The Bertz CT molecular complexity index is 805. The van der Waals surface area contributed by atoms with Gasteiger partial charge in [-0.1, -0.05) is 0 Å². The molecule has 2 N–H and O–H groups in total. The number of hydrogen-bond donors (Lipinski definition) is 2. The summed E-state index contributed by atoms with van der Waals surface area (Å²) >= 11 is 2.80. The average molecular weight is 348 g/mol. The summed E-state index contributed by atoms with van der Waals surface area (Å²) < 4.78 is 5.54. The molecule has 23 heavy (non-hydrogen) atoms. The number of nitrogens with zero attached hydrogens (tertiary/aromatic N) is 1. The molecule has 0 aliphatic heterocycles. The lowest BCUT2D eigenvalue weighted by molar-refractivity contribution is 0.0920. The van der Waals surface area contributed by atoms with Crippen molar-refractivity contribution in [2.24, 2.45) is 0 Å². The van der Waals surface area contributed by atoms with Crippen molar-refractivity contribution < 1.29 is 14.3 Å². The summed E-state index contributed by atoms with van der Waals surface area (Å²) in [4.78, 5) is 17.2. The Labute approximate surface area is 141 Å². The highest BCUT2D eigenvalue weighted by molar-refractivity contribution is 7.17. The number of thiophene rings is 1. The van der Waals surface area contributed by atoms with Gasteiger partial charge < -0.3 is 14.8 Å². The Kier molecular flexibility index (Phi) is 4.61. The minimum absolute atomic E-state index is 0.169. The number of aliphatic hydroxyl groups is 1. The number of hydrogen-bond acceptors (Lipinski definition) is 6. The molecule has 3 heterocycles. The molecule has 0 saturated carbocycles. The van der Waals surface area contributed by atoms with Crippen LogP contribution in [-0.2, 0) is 0 Å². The molecule has 120 valence electrons. The molecule has 7 heteroatoms. The second-order valence-electron chi connectivity index (χ2n) is 5.13. The van der Waals surface area contributed by atoms with Crippen molar-refractivity contribution in [3.8, 4) is 10.8 Å². The smallest absolute Gasteiger partial charge is 0.263 e. The molecule has 5 nitrogen and oxygen atoms in total. The molecule has 0 aliphatic rings. The van der Waals surface area contributed by atoms with Gasteiger partial charge in [0.25, 0.3) is 5.91 Å². The molecule has 0 spiro atoms. The van der Waals surface area contributed by atoms with E-state index >= 15 is 0 Å². The summed E-state index contributed by atoms with van der Waals surface area (Å²) in [6.07, 6.45) is -0.703. The normalized spacial score (nSPS) is 12.3. The number of thiazole rings is 1. The number of aromatic nitrogens is 1. The first-order valence-corrected chi connectivity index (χ1v) is 8.83. The van der Waals surface area contributed by atoms with E-state index in [2.05, 4.69) is 10.3 Å². The van der Waals surface area contributed by atoms with Crippen LogP contribution in [0.2, 0.25) is 0 Å². The third-order valence-electron chi connectivity index (χ3n) is 3.34. The van der Waals surface area contributed by atoms with E-state index in [1.807, 2.05) is 35.9 Å². The molecule has 0 fully saturated rings. The van der Waals surface area contributed by atoms with Gasteiger partial charge in [0.15, 0.2) is 10.8 Å². The van der Waals surface area contributed by atoms with Crippen LogP contribution in [0.5, 0.6) is 0 Å². The highest BCUT2D eigenvalue weighted by atomic mass is 32.1. The van der Waals surface area contributed by atoms with Crippen molar-refractivity contribution in [2.45, 2.75) is 20.0 Å². The minimum atomic E-state index is -0.703. The van der Waals surface area contributed by atoms with Crippen LogP contribution in [0.3, 0.4) is 0 Å². The molecule has 1 atom stereocenters. The summed E-state index contributed by atoms with van der Waals surface area (Å²) in [6, 6.07) is 5.55. The van der Waals surface area contributed by atoms with Crippen molar-refractivity contribution in [1.29, 1.82) is 0 Å². The Morgan fingerprint density at radius 3 is 2.87 bits per heavy atom. The summed E-state index contributed by atoms with van der Waals surface area (Å²) in [5.41, 5.74) is 1.46. The van der Waals surface area contributed by atoms with Gasteiger partial charge in [0, 0.05) is 6.54 Å². The first-order chi connectivity index (χ1) is 11.0. The zero-order valence-electron chi connectivity index (χ0n) is 12.7. The van der Waals surface area contributed by atoms with E-state index in [0.717, 1.165) is 11.3 Å². The molecule has 0 bridgehead atoms. The van der Waals surface area contributed by atoms with Gasteiger partial charge >= 0.3 is 0 Å². The summed E-state index contributed by atoms with van der Waals surface area (Å²) in [5.74, 6) is 1.23. The molecule has 1 unspecified atom stereocenters. The van der Waals surface area contributed by atoms with E-state index < -0.39 is 6.10 Å². The van der Waals surface area contributed by atoms with Gasteiger partial charge in [-0.25, -0.2) is 4.98 Å². The SMILES string of the molecule is Cc1ccc(-c2nc(C)c(C(=O)NCC(O)c3ccsc3)s2)o1. The average Bonchev–Trinajstić information content (AvgIpc) is 3.24. The zero-order valence-corrected chi connectivity index (χ0v) is 14.3. The van der Waals surface area contributed by atoms with Gasteiger partial charge in [0.05, 0.1) is 11.8 Å². The quantitative estimate of drug-likeness (QED) is 0.739. The summed E-state index contributed by atoms with van der Waals surface area (Å²) in [6.45, 7) is 3.82. The highest BCUT2D eigenvalue weighted by Crippen LogP contribution is 2.29. The molecular weight excluding hydrogens is 332 g/mol. The van der Waals surface area contributed by atoms with Gasteiger partial charge in [0.2, 0.25) is 0 Å². The van der Waals surface area contributed by atoms with Crippen LogP contribution in [0.15, 0.2) is 33.4 Å². The largest absolute Gasteiger partial charge is 0.459 e. The number of aliphatic hydroxyl groups excluding tert-OH is 1. The predicted molar refractivity (Wildman–Crippen MR) is 90.9 cm³/mol. The maximum absolute atomic E-state index is 12.3. The second-order valence-corrected chi connectivity index (χ2v) is 6.91. The van der Waals surface area contributed by atoms with Crippen LogP contribution >= 0.6 is 22.7 Å². The Hall–Kier alpha value is -1.96. The molecule has 0 aromatic carbocycles. The van der Waals surface area contributed by atoms with Crippen LogP contribution in [0, 0.1) is 13.8 Å². The molecule has 3 aromatic heterocycles. The Balaban J connectivity index is 1.69. The lowest BCUT2D eigenvalue weighted by Gasteiger charge is -2.09. The molecule has 0 saturated heterocycles. The molecule has 1 amide bonds. The van der Waals surface area contributed by atoms with Crippen LogP contribution in [0.1, 0.15) is 32.8 Å². The van der Waals surface area contributed by atoms with Crippen LogP contribution in [0.25, 0.3) is 10.8 Å². The number of rotatable bonds is 5. The number of carbonyl (C=O) groups is 1. The van der Waals surface area contributed by atoms with Crippen molar-refractivity contribution in [3.05, 3.63) is 50.9 Å². The molecule has 3 aromatic rings. The molecule has 0 aliphatic carbocycles. The number of carbonyl (C=O) groups excluding carboxylic acids is 1. The lowest BCUT2D eigenvalue weighted by atomic mass is 10.2. The Morgan fingerprint density at radius 2 is 2.22 bits per heavy atom.